The minimum absolute atomic E-state index is 0.268. The molecule has 222 valence electrons. The summed E-state index contributed by atoms with van der Waals surface area (Å²) in [7, 11) is 0. The second-order valence-corrected chi connectivity index (χ2v) is 10.6. The van der Waals surface area contributed by atoms with E-state index >= 15 is 0 Å². The van der Waals surface area contributed by atoms with Crippen molar-refractivity contribution in [1.82, 2.24) is 15.6 Å². The number of aliphatic hydroxyl groups is 1. The molecule has 0 fully saturated rings. The van der Waals surface area contributed by atoms with E-state index in [-0.39, 0.29) is 5.91 Å². The van der Waals surface area contributed by atoms with Crippen LogP contribution >= 0.6 is 0 Å². The maximum atomic E-state index is 13.4. The molecule has 0 aliphatic rings. The van der Waals surface area contributed by atoms with Crippen molar-refractivity contribution in [3.63, 3.8) is 0 Å². The molecule has 1 aromatic heterocycles. The number of carbonyl (C=O) groups excluding carboxylic acids is 1. The average Bonchev–Trinajstić information content (AvgIpc) is 3.57. The monoisotopic (exact) mass is 569 g/mol. The second kappa shape index (κ2) is 16.5. The van der Waals surface area contributed by atoms with Crippen molar-refractivity contribution in [3.05, 3.63) is 108 Å². The van der Waals surface area contributed by atoms with Gasteiger partial charge in [0.15, 0.2) is 0 Å². The summed E-state index contributed by atoms with van der Waals surface area (Å²) in [5, 5.41) is 17.7. The predicted molar refractivity (Wildman–Crippen MR) is 167 cm³/mol. The van der Waals surface area contributed by atoms with Crippen molar-refractivity contribution in [3.8, 4) is 17.2 Å². The molecular weight excluding hydrogens is 526 g/mol. The predicted octanol–water partition coefficient (Wildman–Crippen LogP) is 6.35. The van der Waals surface area contributed by atoms with Crippen LogP contribution < -0.4 is 15.4 Å². The number of unbranched alkanes of at least 4 members (excludes halogenated alkanes) is 3. The summed E-state index contributed by atoms with van der Waals surface area (Å²) in [6.45, 7) is 6.00. The van der Waals surface area contributed by atoms with Crippen LogP contribution in [0.5, 0.6) is 5.75 Å². The lowest BCUT2D eigenvalue weighted by molar-refractivity contribution is 0.0830. The fraction of sp³-hybridized carbons (Fsp3) is 0.371. The molecule has 1 heterocycles. The van der Waals surface area contributed by atoms with Crippen LogP contribution in [0.3, 0.4) is 0 Å². The van der Waals surface area contributed by atoms with Crippen LogP contribution in [0.2, 0.25) is 0 Å². The first kappa shape index (κ1) is 31.0. The van der Waals surface area contributed by atoms with Gasteiger partial charge in [0.1, 0.15) is 12.0 Å². The Labute approximate surface area is 249 Å². The fourth-order valence-electron chi connectivity index (χ4n) is 4.86. The number of oxazole rings is 1. The van der Waals surface area contributed by atoms with E-state index in [0.29, 0.717) is 43.1 Å². The minimum atomic E-state index is -0.812. The molecule has 2 unspecified atom stereocenters. The number of aryl methyl sites for hydroxylation is 1. The van der Waals surface area contributed by atoms with Crippen LogP contribution in [-0.4, -0.2) is 41.3 Å². The average molecular weight is 570 g/mol. The largest absolute Gasteiger partial charge is 0.494 e. The van der Waals surface area contributed by atoms with Gasteiger partial charge in [0, 0.05) is 24.2 Å². The molecular formula is C35H43N3O4. The van der Waals surface area contributed by atoms with Crippen LogP contribution in [0, 0.1) is 0 Å². The van der Waals surface area contributed by atoms with Gasteiger partial charge in [0.25, 0.3) is 5.91 Å². The number of ether oxygens (including phenoxy) is 1. The van der Waals surface area contributed by atoms with Crippen molar-refractivity contribution in [1.29, 1.82) is 0 Å². The summed E-state index contributed by atoms with van der Waals surface area (Å²) in [6.07, 6.45) is 8.35. The highest BCUT2D eigenvalue weighted by atomic mass is 16.5. The molecule has 0 radical (unpaired) electrons. The molecule has 4 aromatic rings. The van der Waals surface area contributed by atoms with Crippen molar-refractivity contribution >= 4 is 5.91 Å². The normalized spacial score (nSPS) is 12.5. The zero-order valence-electron chi connectivity index (χ0n) is 24.7. The van der Waals surface area contributed by atoms with E-state index in [1.54, 1.807) is 24.4 Å². The molecule has 0 aliphatic carbocycles. The SMILES string of the molecule is CCCCCCOc1ccc(CC(NC(=O)c2cccc(-c3ncco3)c2)C(O)CNCc2cccc(CC)c2)cc1. The number of aliphatic hydroxyl groups excluding tert-OH is 1. The van der Waals surface area contributed by atoms with Crippen molar-refractivity contribution in [2.75, 3.05) is 13.2 Å². The summed E-state index contributed by atoms with van der Waals surface area (Å²) in [6, 6.07) is 23.0. The van der Waals surface area contributed by atoms with Gasteiger partial charge in [-0.3, -0.25) is 4.79 Å². The molecule has 3 N–H and O–H groups in total. The molecule has 0 aliphatic heterocycles. The van der Waals surface area contributed by atoms with Gasteiger partial charge in [-0.2, -0.15) is 0 Å². The summed E-state index contributed by atoms with van der Waals surface area (Å²) < 4.78 is 11.3. The third-order valence-corrected chi connectivity index (χ3v) is 7.31. The summed E-state index contributed by atoms with van der Waals surface area (Å²) in [5.74, 6) is 1.01. The van der Waals surface area contributed by atoms with E-state index in [1.807, 2.05) is 30.3 Å². The van der Waals surface area contributed by atoms with Gasteiger partial charge in [-0.25, -0.2) is 4.98 Å². The van der Waals surface area contributed by atoms with Gasteiger partial charge in [-0.05, 0) is 66.3 Å². The molecule has 7 heteroatoms. The van der Waals surface area contributed by atoms with Crippen molar-refractivity contribution < 1.29 is 19.1 Å². The zero-order valence-corrected chi connectivity index (χ0v) is 24.7. The molecule has 2 atom stereocenters. The van der Waals surface area contributed by atoms with Gasteiger partial charge in [0.05, 0.1) is 24.9 Å². The lowest BCUT2D eigenvalue weighted by Crippen LogP contribution is -2.48. The van der Waals surface area contributed by atoms with E-state index < -0.39 is 12.1 Å². The van der Waals surface area contributed by atoms with Gasteiger partial charge in [-0.1, -0.05) is 75.6 Å². The minimum Gasteiger partial charge on any atom is -0.494 e. The standard InChI is InChI=1S/C35H43N3O4/c1-3-5-6-7-19-41-31-16-14-27(15-17-31)22-32(33(39)25-36-24-28-11-8-10-26(4-2)21-28)38-34(40)29-12-9-13-30(23-29)35-37-18-20-42-35/h8-18,20-21,23,32-33,36,39H,3-7,19,22,24-25H2,1-2H3,(H,38,40). The molecule has 42 heavy (non-hydrogen) atoms. The lowest BCUT2D eigenvalue weighted by Gasteiger charge is -2.25. The molecule has 7 nitrogen and oxygen atoms in total. The first-order valence-corrected chi connectivity index (χ1v) is 15.0. The highest BCUT2D eigenvalue weighted by Crippen LogP contribution is 2.19. The number of benzene rings is 3. The number of rotatable bonds is 17. The Morgan fingerprint density at radius 3 is 2.52 bits per heavy atom. The van der Waals surface area contributed by atoms with Crippen LogP contribution in [0.1, 0.15) is 66.6 Å². The first-order chi connectivity index (χ1) is 20.6. The zero-order chi connectivity index (χ0) is 29.6. The Morgan fingerprint density at radius 2 is 1.76 bits per heavy atom. The second-order valence-electron chi connectivity index (χ2n) is 10.6. The van der Waals surface area contributed by atoms with E-state index in [1.165, 1.54) is 31.1 Å². The number of carbonyl (C=O) groups is 1. The number of nitrogens with one attached hydrogen (secondary N) is 2. The van der Waals surface area contributed by atoms with Crippen LogP contribution in [0.15, 0.2) is 89.7 Å². The topological polar surface area (TPSA) is 96.6 Å². The Balaban J connectivity index is 1.41. The fourth-order valence-corrected chi connectivity index (χ4v) is 4.86. The highest BCUT2D eigenvalue weighted by molar-refractivity contribution is 5.95. The summed E-state index contributed by atoms with van der Waals surface area (Å²) >= 11 is 0. The Morgan fingerprint density at radius 1 is 0.952 bits per heavy atom. The maximum absolute atomic E-state index is 13.4. The van der Waals surface area contributed by atoms with Crippen LogP contribution in [0.25, 0.3) is 11.5 Å². The molecule has 0 saturated heterocycles. The molecule has 0 bridgehead atoms. The van der Waals surface area contributed by atoms with Crippen molar-refractivity contribution in [2.24, 2.45) is 0 Å². The number of amides is 1. The number of nitrogens with zero attached hydrogens (tertiary/aromatic N) is 1. The summed E-state index contributed by atoms with van der Waals surface area (Å²) in [4.78, 5) is 17.6. The number of hydrogen-bond acceptors (Lipinski definition) is 6. The van der Waals surface area contributed by atoms with Crippen LogP contribution in [0.4, 0.5) is 0 Å². The molecule has 4 rings (SSSR count). The highest BCUT2D eigenvalue weighted by Gasteiger charge is 2.23. The summed E-state index contributed by atoms with van der Waals surface area (Å²) in [5.41, 5.74) is 4.63. The smallest absolute Gasteiger partial charge is 0.251 e. The van der Waals surface area contributed by atoms with Crippen LogP contribution in [-0.2, 0) is 19.4 Å². The molecule has 0 saturated carbocycles. The van der Waals surface area contributed by atoms with E-state index in [0.717, 1.165) is 29.7 Å². The van der Waals surface area contributed by atoms with E-state index in [4.69, 9.17) is 9.15 Å². The lowest BCUT2D eigenvalue weighted by atomic mass is 10.00. The Kier molecular flexibility index (Phi) is 12.2. The van der Waals surface area contributed by atoms with Gasteiger partial charge in [-0.15, -0.1) is 0 Å². The van der Waals surface area contributed by atoms with Gasteiger partial charge >= 0.3 is 0 Å². The Hall–Kier alpha value is -3.94. The van der Waals surface area contributed by atoms with Gasteiger partial charge < -0.3 is 24.9 Å². The third-order valence-electron chi connectivity index (χ3n) is 7.31. The van der Waals surface area contributed by atoms with E-state index in [2.05, 4.69) is 53.7 Å². The third kappa shape index (κ3) is 9.57. The maximum Gasteiger partial charge on any atom is 0.251 e. The first-order valence-electron chi connectivity index (χ1n) is 15.0. The number of hydrogen-bond donors (Lipinski definition) is 3. The molecule has 3 aromatic carbocycles. The molecule has 0 spiro atoms. The van der Waals surface area contributed by atoms with E-state index in [9.17, 15) is 9.90 Å². The van der Waals surface area contributed by atoms with Crippen molar-refractivity contribution in [2.45, 2.75) is 71.1 Å². The Bertz CT molecular complexity index is 1350. The molecule has 1 amide bonds. The van der Waals surface area contributed by atoms with Gasteiger partial charge in [0.2, 0.25) is 5.89 Å². The number of aromatic nitrogens is 1. The quantitative estimate of drug-likeness (QED) is 0.128.